The SMILES string of the molecule is CCCCOC(=O)c1ccc2c(=O)n(CC)c(=O)[nH]c2c1. The van der Waals surface area contributed by atoms with Gasteiger partial charge in [0.25, 0.3) is 5.56 Å². The van der Waals surface area contributed by atoms with Crippen LogP contribution >= 0.6 is 0 Å². The van der Waals surface area contributed by atoms with Crippen LogP contribution in [0.4, 0.5) is 0 Å². The molecule has 0 saturated carbocycles. The number of fused-ring (bicyclic) bond motifs is 1. The Morgan fingerprint density at radius 3 is 2.71 bits per heavy atom. The van der Waals surface area contributed by atoms with E-state index in [1.807, 2.05) is 6.92 Å². The molecule has 1 heterocycles. The third kappa shape index (κ3) is 3.04. The van der Waals surface area contributed by atoms with Gasteiger partial charge in [-0.05, 0) is 31.5 Å². The summed E-state index contributed by atoms with van der Waals surface area (Å²) in [7, 11) is 0. The number of H-pyrrole nitrogens is 1. The second-order valence-corrected chi connectivity index (χ2v) is 4.73. The fourth-order valence-corrected chi connectivity index (χ4v) is 2.06. The highest BCUT2D eigenvalue weighted by Crippen LogP contribution is 2.10. The predicted molar refractivity (Wildman–Crippen MR) is 79.7 cm³/mol. The van der Waals surface area contributed by atoms with E-state index in [0.717, 1.165) is 17.4 Å². The fraction of sp³-hybridized carbons (Fsp3) is 0.400. The van der Waals surface area contributed by atoms with E-state index < -0.39 is 11.7 Å². The highest BCUT2D eigenvalue weighted by molar-refractivity contribution is 5.94. The third-order valence-electron chi connectivity index (χ3n) is 3.26. The molecule has 1 aromatic carbocycles. The summed E-state index contributed by atoms with van der Waals surface area (Å²) >= 11 is 0. The Kier molecular flexibility index (Phi) is 4.57. The van der Waals surface area contributed by atoms with Gasteiger partial charge >= 0.3 is 11.7 Å². The van der Waals surface area contributed by atoms with Gasteiger partial charge in [-0.2, -0.15) is 0 Å². The Hall–Kier alpha value is -2.37. The number of nitrogens with zero attached hydrogens (tertiary/aromatic N) is 1. The second kappa shape index (κ2) is 6.39. The van der Waals surface area contributed by atoms with Crippen molar-refractivity contribution in [3.05, 3.63) is 44.6 Å². The minimum Gasteiger partial charge on any atom is -0.462 e. The number of carbonyl (C=O) groups is 1. The monoisotopic (exact) mass is 290 g/mol. The number of ether oxygens (including phenoxy) is 1. The summed E-state index contributed by atoms with van der Waals surface area (Å²) in [5.41, 5.74) is -0.170. The normalized spacial score (nSPS) is 10.8. The largest absolute Gasteiger partial charge is 0.462 e. The zero-order valence-corrected chi connectivity index (χ0v) is 12.1. The number of unbranched alkanes of at least 4 members (excludes halogenated alkanes) is 1. The number of hydrogen-bond donors (Lipinski definition) is 1. The molecule has 0 bridgehead atoms. The summed E-state index contributed by atoms with van der Waals surface area (Å²) in [5.74, 6) is -0.453. The summed E-state index contributed by atoms with van der Waals surface area (Å²) < 4.78 is 6.22. The Morgan fingerprint density at radius 2 is 2.05 bits per heavy atom. The molecule has 1 aromatic heterocycles. The van der Waals surface area contributed by atoms with Gasteiger partial charge in [-0.1, -0.05) is 13.3 Å². The van der Waals surface area contributed by atoms with Crippen LogP contribution in [0.25, 0.3) is 10.9 Å². The summed E-state index contributed by atoms with van der Waals surface area (Å²) in [6.45, 7) is 4.39. The van der Waals surface area contributed by atoms with Crippen molar-refractivity contribution in [2.45, 2.75) is 33.2 Å². The van der Waals surface area contributed by atoms with Gasteiger partial charge in [-0.3, -0.25) is 9.36 Å². The molecule has 0 atom stereocenters. The van der Waals surface area contributed by atoms with Gasteiger partial charge in [0, 0.05) is 6.54 Å². The van der Waals surface area contributed by atoms with Crippen molar-refractivity contribution in [1.29, 1.82) is 0 Å². The average Bonchev–Trinajstić information content (AvgIpc) is 2.47. The Balaban J connectivity index is 2.41. The van der Waals surface area contributed by atoms with Crippen molar-refractivity contribution in [2.75, 3.05) is 6.61 Å². The molecule has 112 valence electrons. The van der Waals surface area contributed by atoms with Crippen molar-refractivity contribution >= 4 is 16.9 Å². The maximum Gasteiger partial charge on any atom is 0.338 e. The number of aromatic nitrogens is 2. The zero-order chi connectivity index (χ0) is 15.4. The van der Waals surface area contributed by atoms with Gasteiger partial charge in [0.05, 0.1) is 23.1 Å². The van der Waals surface area contributed by atoms with Crippen LogP contribution in [0.5, 0.6) is 0 Å². The van der Waals surface area contributed by atoms with Crippen LogP contribution in [-0.2, 0) is 11.3 Å². The van der Waals surface area contributed by atoms with Crippen LogP contribution in [0.15, 0.2) is 27.8 Å². The topological polar surface area (TPSA) is 81.2 Å². The molecule has 0 radical (unpaired) electrons. The van der Waals surface area contributed by atoms with Gasteiger partial charge in [0.15, 0.2) is 0 Å². The van der Waals surface area contributed by atoms with E-state index in [0.29, 0.717) is 29.6 Å². The molecule has 0 amide bonds. The van der Waals surface area contributed by atoms with Gasteiger partial charge < -0.3 is 9.72 Å². The lowest BCUT2D eigenvalue weighted by molar-refractivity contribution is 0.0500. The number of aromatic amines is 1. The lowest BCUT2D eigenvalue weighted by Gasteiger charge is -2.06. The van der Waals surface area contributed by atoms with E-state index in [4.69, 9.17) is 4.74 Å². The molecule has 0 aliphatic rings. The maximum absolute atomic E-state index is 12.1. The fourth-order valence-electron chi connectivity index (χ4n) is 2.06. The van der Waals surface area contributed by atoms with Crippen LogP contribution in [0.2, 0.25) is 0 Å². The third-order valence-corrected chi connectivity index (χ3v) is 3.26. The minimum absolute atomic E-state index is 0.297. The van der Waals surface area contributed by atoms with Crippen molar-refractivity contribution in [3.63, 3.8) is 0 Å². The summed E-state index contributed by atoms with van der Waals surface area (Å²) in [6, 6.07) is 4.55. The van der Waals surface area contributed by atoms with Gasteiger partial charge in [0.1, 0.15) is 0 Å². The lowest BCUT2D eigenvalue weighted by atomic mass is 10.1. The van der Waals surface area contributed by atoms with Crippen molar-refractivity contribution in [1.82, 2.24) is 9.55 Å². The number of nitrogens with one attached hydrogen (secondary N) is 1. The van der Waals surface area contributed by atoms with Crippen LogP contribution in [0, 0.1) is 0 Å². The number of hydrogen-bond acceptors (Lipinski definition) is 4. The molecule has 0 fully saturated rings. The molecule has 0 saturated heterocycles. The summed E-state index contributed by atoms with van der Waals surface area (Å²) in [4.78, 5) is 38.3. The molecular formula is C15H18N2O4. The molecule has 21 heavy (non-hydrogen) atoms. The van der Waals surface area contributed by atoms with Gasteiger partial charge in [-0.15, -0.1) is 0 Å². The molecule has 0 unspecified atom stereocenters. The summed E-state index contributed by atoms with van der Waals surface area (Å²) in [6.07, 6.45) is 1.74. The molecule has 0 spiro atoms. The summed E-state index contributed by atoms with van der Waals surface area (Å²) in [5, 5.41) is 0.376. The Labute approximate surface area is 121 Å². The molecule has 2 aromatic rings. The smallest absolute Gasteiger partial charge is 0.338 e. The van der Waals surface area contributed by atoms with E-state index in [9.17, 15) is 14.4 Å². The zero-order valence-electron chi connectivity index (χ0n) is 12.1. The highest BCUT2D eigenvalue weighted by atomic mass is 16.5. The number of rotatable bonds is 5. The van der Waals surface area contributed by atoms with Crippen molar-refractivity contribution in [2.24, 2.45) is 0 Å². The molecule has 2 rings (SSSR count). The number of benzene rings is 1. The maximum atomic E-state index is 12.1. The van der Waals surface area contributed by atoms with E-state index in [1.165, 1.54) is 18.2 Å². The molecular weight excluding hydrogens is 272 g/mol. The second-order valence-electron chi connectivity index (χ2n) is 4.73. The molecule has 1 N–H and O–H groups in total. The molecule has 0 aliphatic carbocycles. The lowest BCUT2D eigenvalue weighted by Crippen LogP contribution is -2.34. The van der Waals surface area contributed by atoms with Crippen LogP contribution in [0.3, 0.4) is 0 Å². The van der Waals surface area contributed by atoms with E-state index in [2.05, 4.69) is 4.98 Å². The van der Waals surface area contributed by atoms with Gasteiger partial charge in [-0.25, -0.2) is 9.59 Å². The van der Waals surface area contributed by atoms with E-state index in [1.54, 1.807) is 6.92 Å². The van der Waals surface area contributed by atoms with Gasteiger partial charge in [0.2, 0.25) is 0 Å². The Bertz CT molecular complexity index is 773. The molecule has 0 aliphatic heterocycles. The van der Waals surface area contributed by atoms with E-state index in [-0.39, 0.29) is 5.56 Å². The van der Waals surface area contributed by atoms with Crippen molar-refractivity contribution < 1.29 is 9.53 Å². The first kappa shape index (κ1) is 15.0. The average molecular weight is 290 g/mol. The van der Waals surface area contributed by atoms with E-state index >= 15 is 0 Å². The van der Waals surface area contributed by atoms with Crippen LogP contribution in [-0.4, -0.2) is 22.1 Å². The Morgan fingerprint density at radius 1 is 1.29 bits per heavy atom. The van der Waals surface area contributed by atoms with Crippen LogP contribution in [0.1, 0.15) is 37.0 Å². The first-order valence-electron chi connectivity index (χ1n) is 7.02. The minimum atomic E-state index is -0.480. The highest BCUT2D eigenvalue weighted by Gasteiger charge is 2.11. The molecule has 6 nitrogen and oxygen atoms in total. The standard InChI is InChI=1S/C15H18N2O4/c1-3-5-8-21-14(19)10-6-7-11-12(9-10)16-15(20)17(4-2)13(11)18/h6-7,9H,3-5,8H2,1-2H3,(H,16,20). The first-order valence-corrected chi connectivity index (χ1v) is 7.02. The molecule has 6 heteroatoms. The number of esters is 1. The number of carbonyl (C=O) groups excluding carboxylic acids is 1. The first-order chi connectivity index (χ1) is 10.1. The van der Waals surface area contributed by atoms with Crippen LogP contribution < -0.4 is 11.2 Å². The van der Waals surface area contributed by atoms with Crippen molar-refractivity contribution in [3.8, 4) is 0 Å². The predicted octanol–water partition coefficient (Wildman–Crippen LogP) is 1.67. The quantitative estimate of drug-likeness (QED) is 0.671.